The quantitative estimate of drug-likeness (QED) is 0.109. The molecule has 40 heavy (non-hydrogen) atoms. The van der Waals surface area contributed by atoms with Crippen molar-refractivity contribution in [3.05, 3.63) is 40.8 Å². The fourth-order valence-corrected chi connectivity index (χ4v) is 8.56. The Balaban J connectivity index is 1.26. The van der Waals surface area contributed by atoms with Crippen LogP contribution in [-0.2, 0) is 31.1 Å². The zero-order valence-corrected chi connectivity index (χ0v) is 23.8. The van der Waals surface area contributed by atoms with Crippen LogP contribution in [0.15, 0.2) is 45.2 Å². The molecule has 2 amide bonds. The Kier molecular flexibility index (Phi) is 8.11. The fourth-order valence-electron chi connectivity index (χ4n) is 4.05. The number of nitrogens with zero attached hydrogens (tertiary/aromatic N) is 4. The Labute approximate surface area is 243 Å². The van der Waals surface area contributed by atoms with Gasteiger partial charge in [-0.05, 0) is 5.57 Å². The number of nitrogens with one attached hydrogen (secondary N) is 2. The van der Waals surface area contributed by atoms with Crippen molar-refractivity contribution < 1.29 is 38.8 Å². The Morgan fingerprint density at radius 2 is 2.25 bits per heavy atom. The first-order valence-corrected chi connectivity index (χ1v) is 15.3. The van der Waals surface area contributed by atoms with Crippen molar-refractivity contribution in [2.24, 2.45) is 12.2 Å². The molecule has 0 saturated carbocycles. The number of β-lactam (4-membered cyclic amide) rings is 1. The fraction of sp³-hybridized carbons (Fsp3) is 0.318. The van der Waals surface area contributed by atoms with E-state index in [1.54, 1.807) is 11.8 Å². The maximum atomic E-state index is 13.1. The molecule has 2 unspecified atom stereocenters. The van der Waals surface area contributed by atoms with E-state index in [-0.39, 0.29) is 26.9 Å². The molecule has 210 valence electrons. The number of carbonyl (C=O) groups is 4. The van der Waals surface area contributed by atoms with Crippen molar-refractivity contribution in [2.45, 2.75) is 21.0 Å². The largest absolute Gasteiger partial charge is 0.543 e. The molecule has 3 aliphatic heterocycles. The number of hydrogen-bond donors (Lipinski definition) is 4. The Hall–Kier alpha value is -3.48. The molecule has 0 spiro atoms. The number of carboxylic acids is 2. The Morgan fingerprint density at radius 3 is 2.95 bits per heavy atom. The number of oxime groups is 1. The molecule has 0 aromatic carbocycles. The number of nitrogen functional groups attached to an aromatic ring is 1. The predicted octanol–water partition coefficient (Wildman–Crippen LogP) is -1.01. The minimum absolute atomic E-state index is 0.0319. The Morgan fingerprint density at radius 1 is 1.45 bits per heavy atom. The number of aryl methyl sites for hydroxylation is 1. The van der Waals surface area contributed by atoms with E-state index in [2.05, 4.69) is 20.8 Å². The number of amides is 2. The predicted molar refractivity (Wildman–Crippen MR) is 147 cm³/mol. The van der Waals surface area contributed by atoms with E-state index < -0.39 is 41.8 Å². The number of pyridine rings is 1. The minimum Gasteiger partial charge on any atom is -0.543 e. The second kappa shape index (κ2) is 11.6. The minimum atomic E-state index is -1.47. The first kappa shape index (κ1) is 28.1. The summed E-state index contributed by atoms with van der Waals surface area (Å²) in [7, 11) is 1.93. The average molecular weight is 624 g/mol. The number of aromatic nitrogens is 2. The van der Waals surface area contributed by atoms with E-state index in [4.69, 9.17) is 15.7 Å². The topological polar surface area (TPSA) is 203 Å². The van der Waals surface area contributed by atoms with Crippen LogP contribution in [0.4, 0.5) is 10.8 Å². The number of thiazole rings is 1. The highest BCUT2D eigenvalue weighted by Gasteiger charge is 2.53. The Bertz CT molecular complexity index is 1460. The highest BCUT2D eigenvalue weighted by molar-refractivity contribution is 8.17. The molecular formula is C22H21N7O7S4. The van der Waals surface area contributed by atoms with Crippen molar-refractivity contribution in [3.63, 3.8) is 0 Å². The number of hydrogen-bond acceptors (Lipinski definition) is 14. The van der Waals surface area contributed by atoms with Crippen molar-refractivity contribution >= 4 is 86.9 Å². The lowest BCUT2D eigenvalue weighted by Gasteiger charge is -2.50. The molecule has 14 nitrogen and oxygen atoms in total. The molecule has 2 aromatic rings. The van der Waals surface area contributed by atoms with Gasteiger partial charge in [-0.1, -0.05) is 16.9 Å². The van der Waals surface area contributed by atoms with Crippen LogP contribution in [0, 0.1) is 0 Å². The van der Waals surface area contributed by atoms with Crippen LogP contribution in [0.25, 0.3) is 0 Å². The first-order chi connectivity index (χ1) is 19.1. The summed E-state index contributed by atoms with van der Waals surface area (Å²) in [5.41, 5.74) is 6.67. The second-order valence-corrected chi connectivity index (χ2v) is 13.1. The molecule has 1 saturated heterocycles. The zero-order chi connectivity index (χ0) is 28.6. The van der Waals surface area contributed by atoms with Gasteiger partial charge < -0.3 is 36.2 Å². The SMILES string of the molecule is C[n+]1ccc2c(c1)SC(SCC1=C(C(=O)[O-])N3C(=O)C(NC(=O)/C(=N\OCC(=O)O)c4csc(N)n4)[C@H]3SC1)N2. The standard InChI is InChI=1S/C22H21N7O7S4/c1-28-3-2-10-12(4-28)40-22(25-10)39-7-9-6-37-19-15(18(33)29(19)16(9)20(34)35)26-17(32)14(27-36-5-13(30)31)11-8-38-21(23)24-11/h2-4,8,15,19,22H,5-7H2,1H3,(H5,23,24,26,30,31,32,34,35)/b27-14-/t15?,19-,22?/m1/s1. The molecule has 18 heteroatoms. The molecule has 1 fully saturated rings. The zero-order valence-electron chi connectivity index (χ0n) is 20.6. The molecule has 3 aliphatic rings. The molecule has 0 bridgehead atoms. The highest BCUT2D eigenvalue weighted by atomic mass is 32.2. The highest BCUT2D eigenvalue weighted by Crippen LogP contribution is 2.45. The van der Waals surface area contributed by atoms with Crippen LogP contribution in [-0.4, -0.2) is 78.7 Å². The summed E-state index contributed by atoms with van der Waals surface area (Å²) >= 11 is 5.48. The third-order valence-corrected chi connectivity index (χ3v) is 10.4. The summed E-state index contributed by atoms with van der Waals surface area (Å²) < 4.78 is 1.92. The van der Waals surface area contributed by atoms with Gasteiger partial charge in [-0.3, -0.25) is 14.5 Å². The molecule has 5 rings (SSSR count). The van der Waals surface area contributed by atoms with Gasteiger partial charge >= 0.3 is 5.97 Å². The van der Waals surface area contributed by atoms with E-state index in [9.17, 15) is 24.3 Å². The summed E-state index contributed by atoms with van der Waals surface area (Å²) in [6.07, 6.45) is 3.94. The van der Waals surface area contributed by atoms with E-state index >= 15 is 0 Å². The van der Waals surface area contributed by atoms with Gasteiger partial charge in [-0.2, -0.15) is 0 Å². The number of aliphatic carboxylic acids is 2. The summed E-state index contributed by atoms with van der Waals surface area (Å²) in [5.74, 6) is -3.57. The number of nitrogens with two attached hydrogens (primary N) is 1. The van der Waals surface area contributed by atoms with Gasteiger partial charge in [0.1, 0.15) is 28.9 Å². The van der Waals surface area contributed by atoms with Crippen molar-refractivity contribution in [1.29, 1.82) is 0 Å². The van der Waals surface area contributed by atoms with Crippen LogP contribution in [0.5, 0.6) is 0 Å². The van der Waals surface area contributed by atoms with Crippen LogP contribution in [0.1, 0.15) is 5.69 Å². The maximum absolute atomic E-state index is 13.1. The number of carbonyl (C=O) groups excluding carboxylic acids is 3. The molecular weight excluding hydrogens is 603 g/mol. The van der Waals surface area contributed by atoms with Crippen molar-refractivity contribution in [1.82, 2.24) is 15.2 Å². The lowest BCUT2D eigenvalue weighted by atomic mass is 10.0. The van der Waals surface area contributed by atoms with E-state index in [0.717, 1.165) is 26.8 Å². The number of carboxylic acid groups (broad SMARTS) is 2. The van der Waals surface area contributed by atoms with Crippen molar-refractivity contribution in [2.75, 3.05) is 29.2 Å². The summed E-state index contributed by atoms with van der Waals surface area (Å²) in [6, 6.07) is 0.921. The monoisotopic (exact) mass is 623 g/mol. The van der Waals surface area contributed by atoms with Gasteiger partial charge in [0.2, 0.25) is 6.61 Å². The van der Waals surface area contributed by atoms with E-state index in [1.807, 2.05) is 30.1 Å². The third kappa shape index (κ3) is 5.70. The number of fused-ring (bicyclic) bond motifs is 2. The van der Waals surface area contributed by atoms with Gasteiger partial charge in [-0.25, -0.2) is 14.3 Å². The summed E-state index contributed by atoms with van der Waals surface area (Å²) in [6.45, 7) is -0.800. The van der Waals surface area contributed by atoms with Gasteiger partial charge in [0.15, 0.2) is 23.2 Å². The van der Waals surface area contributed by atoms with E-state index in [1.165, 1.54) is 28.9 Å². The smallest absolute Gasteiger partial charge is 0.344 e. The molecule has 5 N–H and O–H groups in total. The number of thioether (sulfide) groups is 3. The van der Waals surface area contributed by atoms with Gasteiger partial charge in [0.05, 0.1) is 22.2 Å². The molecule has 5 heterocycles. The normalized spacial score (nSPS) is 21.7. The number of rotatable bonds is 10. The van der Waals surface area contributed by atoms with Crippen molar-refractivity contribution in [3.8, 4) is 0 Å². The second-order valence-electron chi connectivity index (χ2n) is 8.57. The molecule has 2 aromatic heterocycles. The molecule has 3 atom stereocenters. The molecule has 0 aliphatic carbocycles. The van der Waals surface area contributed by atoms with Gasteiger partial charge in [0, 0.05) is 23.0 Å². The maximum Gasteiger partial charge on any atom is 0.344 e. The average Bonchev–Trinajstić information content (AvgIpc) is 3.52. The number of anilines is 2. The first-order valence-electron chi connectivity index (χ1n) is 11.5. The lowest BCUT2D eigenvalue weighted by Crippen LogP contribution is -2.71. The lowest BCUT2D eigenvalue weighted by molar-refractivity contribution is -0.673. The van der Waals surface area contributed by atoms with Crippen LogP contribution in [0.2, 0.25) is 0 Å². The van der Waals surface area contributed by atoms with E-state index in [0.29, 0.717) is 17.1 Å². The van der Waals surface area contributed by atoms with Crippen LogP contribution < -0.4 is 26.0 Å². The summed E-state index contributed by atoms with van der Waals surface area (Å²) in [5, 5.41) is 31.3. The van der Waals surface area contributed by atoms with Crippen LogP contribution in [0.3, 0.4) is 0 Å². The van der Waals surface area contributed by atoms with Gasteiger partial charge in [0.25, 0.3) is 11.8 Å². The third-order valence-electron chi connectivity index (χ3n) is 5.83. The summed E-state index contributed by atoms with van der Waals surface area (Å²) in [4.78, 5) is 59.9. The van der Waals surface area contributed by atoms with Gasteiger partial charge in [-0.15, -0.1) is 34.9 Å². The molecule has 0 radical (unpaired) electrons. The van der Waals surface area contributed by atoms with Crippen LogP contribution >= 0.6 is 46.6 Å².